The van der Waals surface area contributed by atoms with Gasteiger partial charge in [-0.05, 0) is 23.3 Å². The van der Waals surface area contributed by atoms with Gasteiger partial charge < -0.3 is 10.1 Å². The lowest BCUT2D eigenvalue weighted by molar-refractivity contribution is 0.120. The van der Waals surface area contributed by atoms with Crippen molar-refractivity contribution in [3.63, 3.8) is 0 Å². The molecule has 0 radical (unpaired) electrons. The zero-order valence-electron chi connectivity index (χ0n) is 12.5. The number of hydrogen-bond donors (Lipinski definition) is 1. The first-order valence-corrected chi connectivity index (χ1v) is 7.66. The molecule has 3 nitrogen and oxygen atoms in total. The average Bonchev–Trinajstić information content (AvgIpc) is 2.74. The second-order valence-corrected chi connectivity index (χ2v) is 5.83. The summed E-state index contributed by atoms with van der Waals surface area (Å²) in [6.07, 6.45) is 0. The van der Waals surface area contributed by atoms with Crippen LogP contribution < -0.4 is 10.1 Å². The second-order valence-electron chi connectivity index (χ2n) is 5.83. The maximum absolute atomic E-state index is 6.03. The maximum atomic E-state index is 6.03. The normalized spacial score (nSPS) is 20.8. The summed E-state index contributed by atoms with van der Waals surface area (Å²) in [5.41, 5.74) is 3.84. The van der Waals surface area contributed by atoms with Crippen molar-refractivity contribution in [1.29, 1.82) is 0 Å². The predicted molar refractivity (Wildman–Crippen MR) is 91.7 cm³/mol. The molecule has 1 saturated heterocycles. The van der Waals surface area contributed by atoms with E-state index < -0.39 is 0 Å². The van der Waals surface area contributed by atoms with Gasteiger partial charge in [-0.25, -0.2) is 0 Å². The Labute approximate surface area is 137 Å². The van der Waals surface area contributed by atoms with Gasteiger partial charge in [0.2, 0.25) is 0 Å². The zero-order valence-corrected chi connectivity index (χ0v) is 13.3. The third-order valence-electron chi connectivity index (χ3n) is 4.44. The van der Waals surface area contributed by atoms with Gasteiger partial charge in [0.1, 0.15) is 12.4 Å². The van der Waals surface area contributed by atoms with Crippen molar-refractivity contribution >= 4 is 12.4 Å². The summed E-state index contributed by atoms with van der Waals surface area (Å²) >= 11 is 0. The zero-order chi connectivity index (χ0) is 14.1. The lowest BCUT2D eigenvalue weighted by Crippen LogP contribution is -2.52. The van der Waals surface area contributed by atoms with Crippen LogP contribution in [0.4, 0.5) is 0 Å². The molecule has 2 aromatic rings. The van der Waals surface area contributed by atoms with E-state index in [-0.39, 0.29) is 12.4 Å². The van der Waals surface area contributed by atoms with Gasteiger partial charge in [0.05, 0.1) is 6.04 Å². The number of halogens is 1. The topological polar surface area (TPSA) is 24.5 Å². The smallest absolute Gasteiger partial charge is 0.123 e. The van der Waals surface area contributed by atoms with Gasteiger partial charge in [-0.2, -0.15) is 0 Å². The van der Waals surface area contributed by atoms with E-state index in [9.17, 15) is 0 Å². The van der Waals surface area contributed by atoms with Crippen LogP contribution in [-0.4, -0.2) is 37.2 Å². The number of nitrogens with one attached hydrogen (secondary N) is 1. The number of benzene rings is 2. The van der Waals surface area contributed by atoms with Crippen molar-refractivity contribution in [2.24, 2.45) is 0 Å². The molecule has 1 fully saturated rings. The molecule has 4 heteroatoms. The quantitative estimate of drug-likeness (QED) is 0.875. The number of piperazine rings is 1. The Morgan fingerprint density at radius 3 is 2.77 bits per heavy atom. The van der Waals surface area contributed by atoms with Crippen LogP contribution in [0.25, 0.3) is 11.1 Å². The molecule has 116 valence electrons. The van der Waals surface area contributed by atoms with Crippen molar-refractivity contribution in [2.75, 3.05) is 26.2 Å². The molecule has 22 heavy (non-hydrogen) atoms. The minimum atomic E-state index is 0. The van der Waals surface area contributed by atoms with E-state index in [1.165, 1.54) is 16.7 Å². The van der Waals surface area contributed by atoms with E-state index >= 15 is 0 Å². The standard InChI is InChI=1S/C18H20N2O.ClH/c1-2-4-14(5-3-1)15-6-7-18-16(10-15)12-20-9-8-19-11-17(20)13-21-18;/h1-7,10,17,19H,8-9,11-13H2;1H. The summed E-state index contributed by atoms with van der Waals surface area (Å²) in [6, 6.07) is 17.6. The Morgan fingerprint density at radius 2 is 1.91 bits per heavy atom. The van der Waals surface area contributed by atoms with Crippen molar-refractivity contribution in [1.82, 2.24) is 10.2 Å². The number of ether oxygens (including phenoxy) is 1. The third-order valence-corrected chi connectivity index (χ3v) is 4.44. The fourth-order valence-corrected chi connectivity index (χ4v) is 3.23. The summed E-state index contributed by atoms with van der Waals surface area (Å²) in [7, 11) is 0. The van der Waals surface area contributed by atoms with Gasteiger partial charge in [0, 0.05) is 31.7 Å². The molecule has 0 bridgehead atoms. The SMILES string of the molecule is Cl.c1ccc(-c2ccc3c(c2)CN2CCNCC2CO3)cc1. The maximum Gasteiger partial charge on any atom is 0.123 e. The summed E-state index contributed by atoms with van der Waals surface area (Å²) < 4.78 is 6.03. The van der Waals surface area contributed by atoms with E-state index in [0.29, 0.717) is 6.04 Å². The van der Waals surface area contributed by atoms with Crippen LogP contribution in [-0.2, 0) is 6.54 Å². The minimum Gasteiger partial charge on any atom is -0.492 e. The Hall–Kier alpha value is -1.55. The highest BCUT2D eigenvalue weighted by Gasteiger charge is 2.26. The second kappa shape index (κ2) is 6.69. The first-order chi connectivity index (χ1) is 10.4. The molecule has 0 aromatic heterocycles. The van der Waals surface area contributed by atoms with Crippen molar-refractivity contribution in [3.8, 4) is 16.9 Å². The summed E-state index contributed by atoms with van der Waals surface area (Å²) in [5, 5.41) is 3.45. The van der Waals surface area contributed by atoms with Gasteiger partial charge in [0.15, 0.2) is 0 Å². The fraction of sp³-hybridized carbons (Fsp3) is 0.333. The molecule has 0 spiro atoms. The number of hydrogen-bond acceptors (Lipinski definition) is 3. The molecule has 0 saturated carbocycles. The predicted octanol–water partition coefficient (Wildman–Crippen LogP) is 2.94. The van der Waals surface area contributed by atoms with Crippen molar-refractivity contribution in [2.45, 2.75) is 12.6 Å². The van der Waals surface area contributed by atoms with E-state index in [0.717, 1.165) is 38.5 Å². The monoisotopic (exact) mass is 316 g/mol. The Balaban J connectivity index is 0.00000144. The van der Waals surface area contributed by atoms with E-state index in [4.69, 9.17) is 4.74 Å². The van der Waals surface area contributed by atoms with Crippen LogP contribution in [0.3, 0.4) is 0 Å². The molecule has 2 aromatic carbocycles. The molecule has 0 amide bonds. The minimum absolute atomic E-state index is 0. The van der Waals surface area contributed by atoms with Gasteiger partial charge in [-0.15, -0.1) is 12.4 Å². The lowest BCUT2D eigenvalue weighted by atomic mass is 10.0. The highest BCUT2D eigenvalue weighted by molar-refractivity contribution is 5.85. The fourth-order valence-electron chi connectivity index (χ4n) is 3.23. The first kappa shape index (κ1) is 15.3. The molecule has 4 rings (SSSR count). The number of nitrogens with zero attached hydrogens (tertiary/aromatic N) is 1. The lowest BCUT2D eigenvalue weighted by Gasteiger charge is -2.33. The molecule has 0 aliphatic carbocycles. The molecule has 1 N–H and O–H groups in total. The largest absolute Gasteiger partial charge is 0.492 e. The van der Waals surface area contributed by atoms with Crippen molar-refractivity contribution in [3.05, 3.63) is 54.1 Å². The highest BCUT2D eigenvalue weighted by atomic mass is 35.5. The Bertz CT molecular complexity index is 632. The van der Waals surface area contributed by atoms with Gasteiger partial charge >= 0.3 is 0 Å². The number of rotatable bonds is 1. The van der Waals surface area contributed by atoms with Crippen LogP contribution in [0.15, 0.2) is 48.5 Å². The van der Waals surface area contributed by atoms with E-state index in [1.807, 2.05) is 0 Å². The van der Waals surface area contributed by atoms with Crippen LogP contribution in [0.1, 0.15) is 5.56 Å². The Kier molecular flexibility index (Phi) is 4.67. The molecular weight excluding hydrogens is 296 g/mol. The molecular formula is C18H21ClN2O. The molecule has 2 heterocycles. The van der Waals surface area contributed by atoms with E-state index in [1.54, 1.807) is 0 Å². The Morgan fingerprint density at radius 1 is 1.05 bits per heavy atom. The molecule has 1 atom stereocenters. The van der Waals surface area contributed by atoms with Gasteiger partial charge in [-0.1, -0.05) is 36.4 Å². The summed E-state index contributed by atoms with van der Waals surface area (Å²) in [6.45, 7) is 4.97. The summed E-state index contributed by atoms with van der Waals surface area (Å²) in [4.78, 5) is 2.54. The van der Waals surface area contributed by atoms with E-state index in [2.05, 4.69) is 58.7 Å². The first-order valence-electron chi connectivity index (χ1n) is 7.66. The summed E-state index contributed by atoms with van der Waals surface area (Å²) in [5.74, 6) is 1.05. The highest BCUT2D eigenvalue weighted by Crippen LogP contribution is 2.30. The van der Waals surface area contributed by atoms with Gasteiger partial charge in [-0.3, -0.25) is 4.90 Å². The van der Waals surface area contributed by atoms with Crippen LogP contribution in [0.5, 0.6) is 5.75 Å². The molecule has 2 aliphatic rings. The molecule has 1 unspecified atom stereocenters. The van der Waals surface area contributed by atoms with Gasteiger partial charge in [0.25, 0.3) is 0 Å². The van der Waals surface area contributed by atoms with Crippen LogP contribution in [0, 0.1) is 0 Å². The number of fused-ring (bicyclic) bond motifs is 2. The van der Waals surface area contributed by atoms with Crippen LogP contribution >= 0.6 is 12.4 Å². The molecule has 2 aliphatic heterocycles. The van der Waals surface area contributed by atoms with Crippen molar-refractivity contribution < 1.29 is 4.74 Å². The average molecular weight is 317 g/mol. The van der Waals surface area contributed by atoms with Crippen LogP contribution in [0.2, 0.25) is 0 Å². The third kappa shape index (κ3) is 2.98.